The highest BCUT2D eigenvalue weighted by Gasteiger charge is 2.10. The van der Waals surface area contributed by atoms with Crippen LogP contribution in [-0.2, 0) is 6.42 Å². The van der Waals surface area contributed by atoms with Gasteiger partial charge in [-0.1, -0.05) is 18.5 Å². The highest BCUT2D eigenvalue weighted by atomic mass is 35.5. The fraction of sp³-hybridized carbons (Fsp3) is 0.385. The molecule has 0 fully saturated rings. The Morgan fingerprint density at radius 3 is 2.88 bits per heavy atom. The summed E-state index contributed by atoms with van der Waals surface area (Å²) in [5.41, 5.74) is 0. The minimum Gasteiger partial charge on any atom is -0.468 e. The van der Waals surface area contributed by atoms with E-state index >= 15 is 0 Å². The van der Waals surface area contributed by atoms with Crippen molar-refractivity contribution < 1.29 is 4.42 Å². The Balaban J connectivity index is 1.81. The third-order valence-electron chi connectivity index (χ3n) is 2.69. The van der Waals surface area contributed by atoms with Crippen molar-refractivity contribution in [2.45, 2.75) is 25.8 Å². The number of nitrogens with one attached hydrogen (secondary N) is 1. The summed E-state index contributed by atoms with van der Waals surface area (Å²) in [5.74, 6) is 1.01. The second-order valence-corrected chi connectivity index (χ2v) is 5.69. The van der Waals surface area contributed by atoms with E-state index in [4.69, 9.17) is 16.0 Å². The van der Waals surface area contributed by atoms with Crippen LogP contribution in [0.4, 0.5) is 0 Å². The molecule has 17 heavy (non-hydrogen) atoms. The van der Waals surface area contributed by atoms with E-state index < -0.39 is 0 Å². The molecule has 0 bridgehead atoms. The molecule has 2 aromatic heterocycles. The number of halogens is 1. The zero-order valence-electron chi connectivity index (χ0n) is 9.78. The van der Waals surface area contributed by atoms with Crippen LogP contribution in [0, 0.1) is 0 Å². The van der Waals surface area contributed by atoms with E-state index in [1.165, 1.54) is 4.88 Å². The van der Waals surface area contributed by atoms with Crippen molar-refractivity contribution in [2.24, 2.45) is 0 Å². The van der Waals surface area contributed by atoms with Crippen molar-refractivity contribution in [2.75, 3.05) is 6.54 Å². The molecule has 1 unspecified atom stereocenters. The summed E-state index contributed by atoms with van der Waals surface area (Å²) in [4.78, 5) is 1.32. The molecule has 0 aliphatic rings. The molecule has 2 nitrogen and oxygen atoms in total. The van der Waals surface area contributed by atoms with Gasteiger partial charge in [-0.2, -0.15) is 0 Å². The largest absolute Gasteiger partial charge is 0.468 e. The molecular weight excluding hydrogens is 254 g/mol. The van der Waals surface area contributed by atoms with Crippen LogP contribution in [0.25, 0.3) is 0 Å². The van der Waals surface area contributed by atoms with Gasteiger partial charge in [0.2, 0.25) is 0 Å². The molecule has 2 heterocycles. The van der Waals surface area contributed by atoms with E-state index in [2.05, 4.69) is 18.3 Å². The standard InChI is InChI=1S/C13H16ClNOS/c1-2-11(12-4-3-9-16-12)15-8-7-10-5-6-13(14)17-10/h3-6,9,11,15H,2,7-8H2,1H3. The maximum atomic E-state index is 5.89. The van der Waals surface area contributed by atoms with Crippen LogP contribution >= 0.6 is 22.9 Å². The van der Waals surface area contributed by atoms with Gasteiger partial charge >= 0.3 is 0 Å². The molecule has 2 aromatic rings. The third kappa shape index (κ3) is 3.60. The molecule has 0 amide bonds. The zero-order chi connectivity index (χ0) is 12.1. The number of hydrogen-bond donors (Lipinski definition) is 1. The first-order valence-corrected chi connectivity index (χ1v) is 7.00. The highest BCUT2D eigenvalue weighted by molar-refractivity contribution is 7.16. The topological polar surface area (TPSA) is 25.2 Å². The molecule has 0 saturated heterocycles. The summed E-state index contributed by atoms with van der Waals surface area (Å²) in [6.45, 7) is 3.10. The van der Waals surface area contributed by atoms with E-state index in [9.17, 15) is 0 Å². The third-order valence-corrected chi connectivity index (χ3v) is 3.98. The number of rotatable bonds is 6. The average molecular weight is 270 g/mol. The fourth-order valence-corrected chi connectivity index (χ4v) is 2.88. The Morgan fingerprint density at radius 1 is 1.41 bits per heavy atom. The summed E-state index contributed by atoms with van der Waals surface area (Å²) >= 11 is 7.54. The molecule has 0 radical (unpaired) electrons. The van der Waals surface area contributed by atoms with E-state index in [0.717, 1.165) is 29.5 Å². The van der Waals surface area contributed by atoms with Crippen molar-refractivity contribution in [1.29, 1.82) is 0 Å². The summed E-state index contributed by atoms with van der Waals surface area (Å²) in [6, 6.07) is 8.29. The lowest BCUT2D eigenvalue weighted by molar-refractivity contribution is 0.406. The molecule has 92 valence electrons. The number of thiophene rings is 1. The van der Waals surface area contributed by atoms with Gasteiger partial charge in [0.05, 0.1) is 16.6 Å². The molecule has 1 N–H and O–H groups in total. The smallest absolute Gasteiger partial charge is 0.120 e. The summed E-state index contributed by atoms with van der Waals surface area (Å²) in [5, 5.41) is 3.50. The predicted molar refractivity (Wildman–Crippen MR) is 72.8 cm³/mol. The van der Waals surface area contributed by atoms with Crippen LogP contribution < -0.4 is 5.32 Å². The van der Waals surface area contributed by atoms with E-state index in [-0.39, 0.29) is 0 Å². The monoisotopic (exact) mass is 269 g/mol. The Labute approximate surface area is 111 Å². The molecule has 0 aromatic carbocycles. The predicted octanol–water partition coefficient (Wildman–Crippen LogP) is 4.28. The zero-order valence-corrected chi connectivity index (χ0v) is 11.4. The lowest BCUT2D eigenvalue weighted by atomic mass is 10.1. The lowest BCUT2D eigenvalue weighted by Crippen LogP contribution is -2.22. The SMILES string of the molecule is CCC(NCCc1ccc(Cl)s1)c1ccco1. The van der Waals surface area contributed by atoms with E-state index in [0.29, 0.717) is 6.04 Å². The van der Waals surface area contributed by atoms with Crippen LogP contribution in [0.5, 0.6) is 0 Å². The lowest BCUT2D eigenvalue weighted by Gasteiger charge is -2.13. The van der Waals surface area contributed by atoms with Gasteiger partial charge < -0.3 is 9.73 Å². The van der Waals surface area contributed by atoms with Crippen molar-refractivity contribution in [1.82, 2.24) is 5.32 Å². The normalized spacial score (nSPS) is 12.8. The summed E-state index contributed by atoms with van der Waals surface area (Å²) < 4.78 is 6.27. The average Bonchev–Trinajstić information content (AvgIpc) is 2.96. The maximum Gasteiger partial charge on any atom is 0.120 e. The Bertz CT molecular complexity index is 438. The minimum atomic E-state index is 0.306. The van der Waals surface area contributed by atoms with Gasteiger partial charge in [0.25, 0.3) is 0 Å². The molecule has 0 spiro atoms. The van der Waals surface area contributed by atoms with Crippen LogP contribution in [0.1, 0.15) is 30.0 Å². The molecule has 1 atom stereocenters. The molecule has 0 saturated carbocycles. The summed E-state index contributed by atoms with van der Waals surface area (Å²) in [6.07, 6.45) is 3.76. The van der Waals surface area contributed by atoms with Crippen molar-refractivity contribution >= 4 is 22.9 Å². The number of furan rings is 1. The molecule has 2 rings (SSSR count). The van der Waals surface area contributed by atoms with Crippen LogP contribution in [-0.4, -0.2) is 6.54 Å². The molecule has 4 heteroatoms. The van der Waals surface area contributed by atoms with Gasteiger partial charge in [0.15, 0.2) is 0 Å². The molecule has 0 aliphatic carbocycles. The fourth-order valence-electron chi connectivity index (χ4n) is 1.79. The molecule has 0 aliphatic heterocycles. The van der Waals surface area contributed by atoms with Gasteiger partial charge in [-0.3, -0.25) is 0 Å². The van der Waals surface area contributed by atoms with E-state index in [1.54, 1.807) is 17.6 Å². The van der Waals surface area contributed by atoms with Gasteiger partial charge in [-0.25, -0.2) is 0 Å². The van der Waals surface area contributed by atoms with Crippen molar-refractivity contribution in [3.05, 3.63) is 45.5 Å². The van der Waals surface area contributed by atoms with Crippen molar-refractivity contribution in [3.63, 3.8) is 0 Å². The van der Waals surface area contributed by atoms with Crippen molar-refractivity contribution in [3.8, 4) is 0 Å². The Morgan fingerprint density at radius 2 is 2.29 bits per heavy atom. The summed E-state index contributed by atoms with van der Waals surface area (Å²) in [7, 11) is 0. The minimum absolute atomic E-state index is 0.306. The van der Waals surface area contributed by atoms with Gasteiger partial charge in [-0.05, 0) is 37.1 Å². The highest BCUT2D eigenvalue weighted by Crippen LogP contribution is 2.22. The first kappa shape index (κ1) is 12.7. The van der Waals surface area contributed by atoms with Crippen LogP contribution in [0.3, 0.4) is 0 Å². The first-order chi connectivity index (χ1) is 8.29. The first-order valence-electron chi connectivity index (χ1n) is 5.80. The van der Waals surface area contributed by atoms with Gasteiger partial charge in [0.1, 0.15) is 5.76 Å². The Kier molecular flexibility index (Phi) is 4.66. The quantitative estimate of drug-likeness (QED) is 0.847. The number of hydrogen-bond acceptors (Lipinski definition) is 3. The van der Waals surface area contributed by atoms with Gasteiger partial charge in [-0.15, -0.1) is 11.3 Å². The maximum absolute atomic E-state index is 5.89. The van der Waals surface area contributed by atoms with E-state index in [1.807, 2.05) is 18.2 Å². The molecular formula is C13H16ClNOS. The van der Waals surface area contributed by atoms with Gasteiger partial charge in [0, 0.05) is 11.4 Å². The second-order valence-electron chi connectivity index (χ2n) is 3.89. The second kappa shape index (κ2) is 6.24. The van der Waals surface area contributed by atoms with Crippen LogP contribution in [0.15, 0.2) is 34.9 Å². The van der Waals surface area contributed by atoms with Crippen LogP contribution in [0.2, 0.25) is 4.34 Å². The Hall–Kier alpha value is -0.770.